The Hall–Kier alpha value is -2.46. The molecule has 25 heavy (non-hydrogen) atoms. The third-order valence-electron chi connectivity index (χ3n) is 4.91. The molecular weight excluding hydrogens is 334 g/mol. The fraction of sp³-hybridized carbons (Fsp3) is 0.444. The summed E-state index contributed by atoms with van der Waals surface area (Å²) in [6.45, 7) is 7.27. The maximum Gasteiger partial charge on any atom is 0.273 e. The Morgan fingerprint density at radius 2 is 2.08 bits per heavy atom. The van der Waals surface area contributed by atoms with Crippen LogP contribution in [0, 0.1) is 6.57 Å². The molecule has 0 atom stereocenters. The molecule has 0 spiro atoms. The summed E-state index contributed by atoms with van der Waals surface area (Å²) in [4.78, 5) is 28.2. The third kappa shape index (κ3) is 2.57. The minimum absolute atomic E-state index is 0.0222. The highest BCUT2D eigenvalue weighted by molar-refractivity contribution is 7.25. The SMILES string of the molecule is [C-]#[N+]c1cc(N(C)C)c2c(n1)sc1c(=O)n(C3CCCCC3)cnc12. The van der Waals surface area contributed by atoms with Crippen LogP contribution in [0.1, 0.15) is 38.1 Å². The van der Waals surface area contributed by atoms with Crippen LogP contribution in [0.2, 0.25) is 0 Å². The molecule has 7 heteroatoms. The summed E-state index contributed by atoms with van der Waals surface area (Å²) in [6.07, 6.45) is 7.38. The third-order valence-corrected chi connectivity index (χ3v) is 5.97. The fourth-order valence-corrected chi connectivity index (χ4v) is 4.72. The first-order chi connectivity index (χ1) is 12.1. The number of rotatable bonds is 2. The van der Waals surface area contributed by atoms with Crippen LogP contribution in [0.15, 0.2) is 17.2 Å². The molecule has 0 aromatic carbocycles. The average molecular weight is 353 g/mol. The first kappa shape index (κ1) is 16.0. The summed E-state index contributed by atoms with van der Waals surface area (Å²) < 4.78 is 2.45. The van der Waals surface area contributed by atoms with Crippen molar-refractivity contribution < 1.29 is 0 Å². The largest absolute Gasteiger partial charge is 0.378 e. The van der Waals surface area contributed by atoms with Crippen molar-refractivity contribution in [3.8, 4) is 0 Å². The molecule has 6 nitrogen and oxygen atoms in total. The maximum atomic E-state index is 13.1. The number of hydrogen-bond acceptors (Lipinski definition) is 5. The van der Waals surface area contributed by atoms with E-state index in [2.05, 4.69) is 14.8 Å². The molecule has 3 heterocycles. The number of thiophene rings is 1. The van der Waals surface area contributed by atoms with E-state index in [1.54, 1.807) is 12.4 Å². The van der Waals surface area contributed by atoms with Gasteiger partial charge in [0.15, 0.2) is 0 Å². The van der Waals surface area contributed by atoms with Crippen LogP contribution >= 0.6 is 11.3 Å². The van der Waals surface area contributed by atoms with Crippen LogP contribution in [0.5, 0.6) is 0 Å². The van der Waals surface area contributed by atoms with Crippen LogP contribution in [0.4, 0.5) is 11.5 Å². The van der Waals surface area contributed by atoms with Crippen LogP contribution in [0.3, 0.4) is 0 Å². The Labute approximate surface area is 149 Å². The Bertz CT molecular complexity index is 1050. The van der Waals surface area contributed by atoms with Gasteiger partial charge in [0.25, 0.3) is 11.4 Å². The van der Waals surface area contributed by atoms with Gasteiger partial charge in [-0.25, -0.2) is 4.98 Å². The zero-order valence-electron chi connectivity index (χ0n) is 14.3. The fourth-order valence-electron chi connectivity index (χ4n) is 3.64. The van der Waals surface area contributed by atoms with Gasteiger partial charge in [-0.15, -0.1) is 4.98 Å². The van der Waals surface area contributed by atoms with Crippen molar-refractivity contribution in [1.29, 1.82) is 0 Å². The van der Waals surface area contributed by atoms with Gasteiger partial charge in [0, 0.05) is 25.8 Å². The van der Waals surface area contributed by atoms with Gasteiger partial charge in [-0.1, -0.05) is 37.2 Å². The predicted octanol–water partition coefficient (Wildman–Crippen LogP) is 4.13. The molecule has 4 rings (SSSR count). The standard InChI is InChI=1S/C18H19N5OS/c1-19-13-9-12(22(2)3)14-15-16(25-17(14)21-13)18(24)23(10-20-15)11-7-5-4-6-8-11/h9-11H,4-8H2,2-3H3. The van der Waals surface area contributed by atoms with Gasteiger partial charge >= 0.3 is 0 Å². The van der Waals surface area contributed by atoms with Gasteiger partial charge < -0.3 is 9.74 Å². The summed E-state index contributed by atoms with van der Waals surface area (Å²) in [5.74, 6) is 0.343. The smallest absolute Gasteiger partial charge is 0.273 e. The zero-order valence-corrected chi connectivity index (χ0v) is 15.1. The quantitative estimate of drug-likeness (QED) is 0.650. The minimum atomic E-state index is 0.0222. The zero-order chi connectivity index (χ0) is 17.6. The molecule has 0 radical (unpaired) electrons. The lowest BCUT2D eigenvalue weighted by Crippen LogP contribution is -2.26. The molecular formula is C18H19N5OS. The number of nitrogens with zero attached hydrogens (tertiary/aromatic N) is 5. The maximum absolute atomic E-state index is 13.1. The lowest BCUT2D eigenvalue weighted by Gasteiger charge is -2.23. The molecule has 3 aromatic heterocycles. The van der Waals surface area contributed by atoms with Crippen molar-refractivity contribution in [3.63, 3.8) is 0 Å². The molecule has 0 N–H and O–H groups in total. The van der Waals surface area contributed by atoms with Crippen LogP contribution in [-0.2, 0) is 0 Å². The van der Waals surface area contributed by atoms with Crippen molar-refractivity contribution in [2.75, 3.05) is 19.0 Å². The van der Waals surface area contributed by atoms with Crippen LogP contribution in [-0.4, -0.2) is 28.6 Å². The molecule has 0 amide bonds. The second-order valence-electron chi connectivity index (χ2n) is 6.71. The Morgan fingerprint density at radius 3 is 2.76 bits per heavy atom. The molecule has 1 fully saturated rings. The first-order valence-electron chi connectivity index (χ1n) is 8.49. The molecule has 0 bridgehead atoms. The van der Waals surface area contributed by atoms with Gasteiger partial charge in [-0.3, -0.25) is 9.36 Å². The highest BCUT2D eigenvalue weighted by Crippen LogP contribution is 2.38. The predicted molar refractivity (Wildman–Crippen MR) is 102 cm³/mol. The Morgan fingerprint density at radius 1 is 1.32 bits per heavy atom. The highest BCUT2D eigenvalue weighted by atomic mass is 32.1. The van der Waals surface area contributed by atoms with E-state index in [0.717, 1.165) is 23.9 Å². The Balaban J connectivity index is 1.99. The van der Waals surface area contributed by atoms with Gasteiger partial charge in [0.05, 0.1) is 11.7 Å². The lowest BCUT2D eigenvalue weighted by molar-refractivity contribution is 0.345. The van der Waals surface area contributed by atoms with Gasteiger partial charge in [-0.2, -0.15) is 0 Å². The molecule has 0 unspecified atom stereocenters. The van der Waals surface area contributed by atoms with Gasteiger partial charge in [-0.05, 0) is 18.9 Å². The number of aromatic nitrogens is 3. The van der Waals surface area contributed by atoms with Crippen LogP contribution in [0.25, 0.3) is 25.3 Å². The van der Waals surface area contributed by atoms with E-state index in [9.17, 15) is 4.79 Å². The highest BCUT2D eigenvalue weighted by Gasteiger charge is 2.23. The molecule has 0 saturated heterocycles. The van der Waals surface area contributed by atoms with Crippen molar-refractivity contribution in [2.45, 2.75) is 38.1 Å². The first-order valence-corrected chi connectivity index (χ1v) is 9.31. The van der Waals surface area contributed by atoms with Crippen molar-refractivity contribution in [3.05, 3.63) is 34.2 Å². The van der Waals surface area contributed by atoms with E-state index in [-0.39, 0.29) is 11.6 Å². The monoisotopic (exact) mass is 353 g/mol. The molecule has 3 aromatic rings. The van der Waals surface area contributed by atoms with Crippen molar-refractivity contribution >= 4 is 43.3 Å². The Kier molecular flexibility index (Phi) is 3.92. The summed E-state index contributed by atoms with van der Waals surface area (Å²) in [5.41, 5.74) is 1.60. The van der Waals surface area contributed by atoms with Gasteiger partial charge in [0.2, 0.25) is 4.83 Å². The summed E-state index contributed by atoms with van der Waals surface area (Å²) in [6, 6.07) is 2.01. The number of fused-ring (bicyclic) bond motifs is 3. The van der Waals surface area contributed by atoms with E-state index in [1.807, 2.05) is 23.6 Å². The summed E-state index contributed by atoms with van der Waals surface area (Å²) in [5, 5.41) is 0.866. The van der Waals surface area contributed by atoms with E-state index in [1.165, 1.54) is 30.6 Å². The molecule has 1 aliphatic rings. The van der Waals surface area contributed by atoms with E-state index in [0.29, 0.717) is 20.9 Å². The van der Waals surface area contributed by atoms with Crippen LogP contribution < -0.4 is 10.5 Å². The number of anilines is 1. The molecule has 0 aliphatic heterocycles. The minimum Gasteiger partial charge on any atom is -0.378 e. The molecule has 128 valence electrons. The van der Waals surface area contributed by atoms with Gasteiger partial charge in [0.1, 0.15) is 10.2 Å². The average Bonchev–Trinajstić information content (AvgIpc) is 3.01. The van der Waals surface area contributed by atoms with E-state index in [4.69, 9.17) is 6.57 Å². The molecule has 1 aliphatic carbocycles. The lowest BCUT2D eigenvalue weighted by atomic mass is 9.95. The van der Waals surface area contributed by atoms with Crippen molar-refractivity contribution in [2.24, 2.45) is 0 Å². The second kappa shape index (κ2) is 6.12. The van der Waals surface area contributed by atoms with Crippen molar-refractivity contribution in [1.82, 2.24) is 14.5 Å². The molecule has 1 saturated carbocycles. The van der Waals surface area contributed by atoms with E-state index < -0.39 is 0 Å². The number of hydrogen-bond donors (Lipinski definition) is 0. The summed E-state index contributed by atoms with van der Waals surface area (Å²) >= 11 is 1.35. The topological polar surface area (TPSA) is 55.4 Å². The number of pyridine rings is 1. The normalized spacial score (nSPS) is 15.6. The summed E-state index contributed by atoms with van der Waals surface area (Å²) in [7, 11) is 3.85. The van der Waals surface area contributed by atoms with E-state index >= 15 is 0 Å². The second-order valence-corrected chi connectivity index (χ2v) is 7.71.